The molecule has 0 radical (unpaired) electrons. The Hall–Kier alpha value is -6.88. The summed E-state index contributed by atoms with van der Waals surface area (Å²) in [4.78, 5) is 47.8. The molecule has 66 heavy (non-hydrogen) atoms. The standard InChI is InChI=1S/C49H46F2N10O5/c1-25-17-32(18-26(2)41(25)50)61-43(58-15-14-57(47(58)64)38-10-9-36-33(42(38)51)24-52-56(36)4)40-34(54-61)21-31-6-8-37(40)59(31)44(62)39-20-30-19-28(29-11-16-65-48(23-29)12-13-48)5-7-35(30)60(39)49(22-27(49)3)45-53-46(63)66-55-45/h5,7,9-10,14-15,17-20,24,27,29,31,37H,6,8,11-13,16,21-23H2,1-4H3,(H,53,55,63)/t27-,29+,31-,37+,49+/m0/s1. The number of nitrogens with zero attached hydrogens (tertiary/aromatic N) is 9. The van der Waals surface area contributed by atoms with E-state index in [0.717, 1.165) is 48.9 Å². The van der Waals surface area contributed by atoms with Gasteiger partial charge in [-0.05, 0) is 130 Å². The number of aryl methyl sites for hydroxylation is 3. The lowest BCUT2D eigenvalue weighted by Crippen LogP contribution is -2.43. The number of imidazole rings is 1. The first kappa shape index (κ1) is 39.5. The molecule has 2 bridgehead atoms. The number of benzene rings is 3. The Kier molecular flexibility index (Phi) is 8.13. The maximum Gasteiger partial charge on any atom is 0.438 e. The van der Waals surface area contributed by atoms with Crippen LogP contribution in [0.2, 0.25) is 0 Å². The molecule has 2 saturated heterocycles. The van der Waals surface area contributed by atoms with E-state index in [4.69, 9.17) is 14.4 Å². The molecule has 5 aliphatic rings. The van der Waals surface area contributed by atoms with Crippen LogP contribution >= 0.6 is 0 Å². The normalized spacial score (nSPS) is 23.9. The number of fused-ring (bicyclic) bond motifs is 6. The van der Waals surface area contributed by atoms with Crippen molar-refractivity contribution < 1.29 is 22.8 Å². The summed E-state index contributed by atoms with van der Waals surface area (Å²) in [5.41, 5.74) is 4.58. The Morgan fingerprint density at radius 3 is 2.44 bits per heavy atom. The molecular weight excluding hydrogens is 847 g/mol. The topological polar surface area (TPSA) is 156 Å². The number of ether oxygens (including phenoxy) is 1. The van der Waals surface area contributed by atoms with Gasteiger partial charge in [-0.3, -0.25) is 28.1 Å². The van der Waals surface area contributed by atoms with Gasteiger partial charge in [-0.25, -0.2) is 23.1 Å². The first-order valence-corrected chi connectivity index (χ1v) is 22.8. The second-order valence-electron chi connectivity index (χ2n) is 19.5. The fourth-order valence-corrected chi connectivity index (χ4v) is 12.0. The van der Waals surface area contributed by atoms with E-state index >= 15 is 13.6 Å². The predicted molar refractivity (Wildman–Crippen MR) is 238 cm³/mol. The second-order valence-corrected chi connectivity index (χ2v) is 19.5. The highest BCUT2D eigenvalue weighted by Crippen LogP contribution is 2.57. The van der Waals surface area contributed by atoms with Gasteiger partial charge in [0.15, 0.2) is 11.6 Å². The van der Waals surface area contributed by atoms with Gasteiger partial charge in [-0.2, -0.15) is 10.2 Å². The van der Waals surface area contributed by atoms with Crippen molar-refractivity contribution in [2.75, 3.05) is 6.61 Å². The number of hydrogen-bond acceptors (Lipinski definition) is 8. The highest BCUT2D eigenvalue weighted by molar-refractivity contribution is 6.00. The highest BCUT2D eigenvalue weighted by atomic mass is 19.1. The third-order valence-corrected chi connectivity index (χ3v) is 15.6. The van der Waals surface area contributed by atoms with Crippen molar-refractivity contribution in [2.24, 2.45) is 13.0 Å². The average molecular weight is 893 g/mol. The second kappa shape index (κ2) is 13.6. The van der Waals surface area contributed by atoms with Crippen molar-refractivity contribution in [1.29, 1.82) is 0 Å². The monoisotopic (exact) mass is 892 g/mol. The fraction of sp³-hybridized carbons (Fsp3) is 0.388. The fourth-order valence-electron chi connectivity index (χ4n) is 12.0. The lowest BCUT2D eigenvalue weighted by Gasteiger charge is -2.35. The van der Waals surface area contributed by atoms with Crippen molar-refractivity contribution in [1.82, 2.24) is 48.3 Å². The van der Waals surface area contributed by atoms with Crippen LogP contribution in [0.5, 0.6) is 0 Å². The molecule has 8 heterocycles. The van der Waals surface area contributed by atoms with Crippen LogP contribution in [0.1, 0.15) is 108 Å². The Morgan fingerprint density at radius 1 is 0.924 bits per heavy atom. The Labute approximate surface area is 375 Å². The van der Waals surface area contributed by atoms with E-state index < -0.39 is 28.8 Å². The van der Waals surface area contributed by atoms with Crippen molar-refractivity contribution in [3.05, 3.63) is 139 Å². The van der Waals surface area contributed by atoms with Crippen molar-refractivity contribution in [3.8, 4) is 17.2 Å². The molecule has 5 aromatic heterocycles. The molecule has 0 unspecified atom stereocenters. The van der Waals surface area contributed by atoms with E-state index in [0.29, 0.717) is 76.8 Å². The van der Waals surface area contributed by atoms with Crippen LogP contribution in [0, 0.1) is 31.4 Å². The van der Waals surface area contributed by atoms with Crippen LogP contribution in [-0.4, -0.2) is 72.5 Å². The van der Waals surface area contributed by atoms with Crippen LogP contribution in [0.25, 0.3) is 39.0 Å². The molecule has 1 N–H and O–H groups in total. The molecule has 2 saturated carbocycles. The summed E-state index contributed by atoms with van der Waals surface area (Å²) >= 11 is 0. The molecule has 4 fully saturated rings. The summed E-state index contributed by atoms with van der Waals surface area (Å²) in [6.45, 7) is 6.18. The zero-order valence-electron chi connectivity index (χ0n) is 36.8. The first-order valence-electron chi connectivity index (χ1n) is 22.8. The van der Waals surface area contributed by atoms with Gasteiger partial charge in [-0.1, -0.05) is 18.1 Å². The first-order chi connectivity index (χ1) is 31.8. The molecule has 2 aliphatic carbocycles. The molecule has 1 spiro atoms. The zero-order valence-corrected chi connectivity index (χ0v) is 36.8. The van der Waals surface area contributed by atoms with Crippen LogP contribution < -0.4 is 11.4 Å². The maximum absolute atomic E-state index is 16.2. The van der Waals surface area contributed by atoms with E-state index in [9.17, 15) is 9.59 Å². The summed E-state index contributed by atoms with van der Waals surface area (Å²) in [6.07, 6.45) is 11.0. The van der Waals surface area contributed by atoms with Gasteiger partial charge in [0.1, 0.15) is 22.9 Å². The number of aromatic nitrogens is 9. The van der Waals surface area contributed by atoms with E-state index in [2.05, 4.69) is 44.9 Å². The summed E-state index contributed by atoms with van der Waals surface area (Å²) in [7, 11) is 1.73. The van der Waals surface area contributed by atoms with Gasteiger partial charge in [0, 0.05) is 55.0 Å². The van der Waals surface area contributed by atoms with E-state index in [1.165, 1.54) is 27.1 Å². The molecule has 3 aromatic carbocycles. The van der Waals surface area contributed by atoms with Crippen LogP contribution in [0.3, 0.4) is 0 Å². The van der Waals surface area contributed by atoms with E-state index in [1.54, 1.807) is 60.7 Å². The van der Waals surface area contributed by atoms with Crippen LogP contribution in [0.15, 0.2) is 81.2 Å². The van der Waals surface area contributed by atoms with Gasteiger partial charge in [0.25, 0.3) is 5.91 Å². The largest absolute Gasteiger partial charge is 0.438 e. The molecule has 8 aromatic rings. The number of nitrogens with one attached hydrogen (secondary N) is 1. The lowest BCUT2D eigenvalue weighted by molar-refractivity contribution is -0.0132. The van der Waals surface area contributed by atoms with Crippen molar-refractivity contribution in [3.63, 3.8) is 0 Å². The number of carbonyl (C=O) groups excluding carboxylic acids is 1. The minimum Gasteiger partial charge on any atom is -0.375 e. The molecule has 3 aliphatic heterocycles. The van der Waals surface area contributed by atoms with Crippen LogP contribution in [-0.2, 0) is 23.7 Å². The quantitative estimate of drug-likeness (QED) is 0.174. The van der Waals surface area contributed by atoms with Gasteiger partial charge in [0.2, 0.25) is 0 Å². The molecule has 15 nitrogen and oxygen atoms in total. The van der Waals surface area contributed by atoms with Gasteiger partial charge >= 0.3 is 11.4 Å². The van der Waals surface area contributed by atoms with Crippen molar-refractivity contribution in [2.45, 2.75) is 101 Å². The molecule has 5 atom stereocenters. The molecule has 13 rings (SSSR count). The van der Waals surface area contributed by atoms with Gasteiger partial charge in [0.05, 0.1) is 45.8 Å². The number of hydrogen-bond donors (Lipinski definition) is 1. The predicted octanol–water partition coefficient (Wildman–Crippen LogP) is 7.34. The van der Waals surface area contributed by atoms with Crippen molar-refractivity contribution >= 4 is 27.7 Å². The molecule has 336 valence electrons. The number of carbonyl (C=O) groups is 1. The third-order valence-electron chi connectivity index (χ3n) is 15.6. The summed E-state index contributed by atoms with van der Waals surface area (Å²) in [5, 5.41) is 14.8. The summed E-state index contributed by atoms with van der Waals surface area (Å²) in [5.74, 6) is -0.659. The Balaban J connectivity index is 0.969. The molecule has 17 heteroatoms. The Bertz CT molecular complexity index is 3490. The summed E-state index contributed by atoms with van der Waals surface area (Å²) in [6, 6.07) is 14.4. The zero-order chi connectivity index (χ0) is 45.1. The van der Waals surface area contributed by atoms with Crippen LogP contribution in [0.4, 0.5) is 8.78 Å². The highest BCUT2D eigenvalue weighted by Gasteiger charge is 2.60. The lowest BCUT2D eigenvalue weighted by atomic mass is 9.87. The smallest absolute Gasteiger partial charge is 0.375 e. The van der Waals surface area contributed by atoms with E-state index in [-0.39, 0.29) is 40.4 Å². The molecular formula is C49H46F2N10O5. The number of aromatic amines is 1. The SMILES string of the molecule is Cc1cc(-n2nc3c(c2-n2ccn(-c4ccc5c(cnn5C)c4F)c2=O)[C@H]2CC[C@@H](C3)N2C(=O)c2cc3cc([C@@H]4CCOC5(CC5)C4)ccc3n2[C@]2(c3noc(=O)[nH]3)C[C@@H]2C)cc(C)c1F. The molecule has 1 amide bonds. The average Bonchev–Trinajstić information content (AvgIpc) is 3.70. The minimum absolute atomic E-state index is 0.0111. The summed E-state index contributed by atoms with van der Waals surface area (Å²) < 4.78 is 50.7. The number of halogens is 2. The third kappa shape index (κ3) is 5.48. The van der Waals surface area contributed by atoms with E-state index in [1.807, 2.05) is 11.0 Å². The van der Waals surface area contributed by atoms with Gasteiger partial charge in [-0.15, -0.1) is 0 Å². The maximum atomic E-state index is 16.2. The number of H-pyrrole nitrogens is 1. The minimum atomic E-state index is -0.837. The van der Waals surface area contributed by atoms with Gasteiger partial charge < -0.3 is 14.2 Å². The number of rotatable bonds is 7. The Morgan fingerprint density at radius 2 is 1.70 bits per heavy atom. The number of amides is 1.